The van der Waals surface area contributed by atoms with Crippen LogP contribution in [0.15, 0.2) is 18.3 Å². The second-order valence-electron chi connectivity index (χ2n) is 5.06. The Kier molecular flexibility index (Phi) is 5.31. The Bertz CT molecular complexity index is 435. The quantitative estimate of drug-likeness (QED) is 0.792. The summed E-state index contributed by atoms with van der Waals surface area (Å²) in [7, 11) is 0. The lowest BCUT2D eigenvalue weighted by Gasteiger charge is -2.21. The summed E-state index contributed by atoms with van der Waals surface area (Å²) in [5, 5.41) is 8.96. The first-order valence-electron chi connectivity index (χ1n) is 7.00. The number of aliphatic hydroxyl groups excluding tert-OH is 1. The molecule has 1 aliphatic rings. The molecule has 2 rings (SSSR count). The molecule has 6 heteroatoms. The lowest BCUT2D eigenvalue weighted by molar-refractivity contribution is -0.130. The molecule has 0 aromatic carbocycles. The highest BCUT2D eigenvalue weighted by atomic mass is 16.3. The number of aromatic nitrogens is 1. The summed E-state index contributed by atoms with van der Waals surface area (Å²) >= 11 is 0. The van der Waals surface area contributed by atoms with Gasteiger partial charge in [0.1, 0.15) is 0 Å². The zero-order chi connectivity index (χ0) is 14.4. The molecule has 0 aliphatic carbocycles. The number of hydrogen-bond donors (Lipinski definition) is 2. The molecule has 1 aromatic heterocycles. The Morgan fingerprint density at radius 3 is 2.85 bits per heavy atom. The van der Waals surface area contributed by atoms with Crippen molar-refractivity contribution in [2.45, 2.75) is 12.8 Å². The number of anilines is 1. The van der Waals surface area contributed by atoms with E-state index in [2.05, 4.69) is 9.88 Å². The highest BCUT2D eigenvalue weighted by Crippen LogP contribution is 2.07. The second-order valence-corrected chi connectivity index (χ2v) is 5.06. The third-order valence-electron chi connectivity index (χ3n) is 3.54. The molecule has 1 amide bonds. The molecule has 0 atom stereocenters. The summed E-state index contributed by atoms with van der Waals surface area (Å²) in [5.41, 5.74) is 6.94. The van der Waals surface area contributed by atoms with Crippen LogP contribution >= 0.6 is 0 Å². The van der Waals surface area contributed by atoms with Crippen molar-refractivity contribution in [1.82, 2.24) is 14.8 Å². The molecule has 3 N–H and O–H groups in total. The molecule has 1 aromatic rings. The van der Waals surface area contributed by atoms with Crippen LogP contribution in [0.4, 0.5) is 5.69 Å². The number of nitrogen functional groups attached to an aromatic ring is 1. The van der Waals surface area contributed by atoms with Gasteiger partial charge in [-0.2, -0.15) is 0 Å². The lowest BCUT2D eigenvalue weighted by Crippen LogP contribution is -2.36. The zero-order valence-electron chi connectivity index (χ0n) is 11.7. The highest BCUT2D eigenvalue weighted by Gasteiger charge is 2.19. The third-order valence-corrected chi connectivity index (χ3v) is 3.54. The van der Waals surface area contributed by atoms with Crippen LogP contribution in [0.2, 0.25) is 0 Å². The molecule has 0 saturated carbocycles. The van der Waals surface area contributed by atoms with Crippen LogP contribution in [0.1, 0.15) is 12.1 Å². The smallest absolute Gasteiger partial charge is 0.228 e. The number of carbonyl (C=O) groups excluding carboxylic acids is 1. The fourth-order valence-electron chi connectivity index (χ4n) is 2.39. The first-order chi connectivity index (χ1) is 9.69. The van der Waals surface area contributed by atoms with Crippen molar-refractivity contribution in [2.75, 3.05) is 45.1 Å². The summed E-state index contributed by atoms with van der Waals surface area (Å²) in [6, 6.07) is 3.56. The number of β-amino-alcohol motifs (C(OH)–C–C–N with tert-alkyl or cyclic N) is 1. The second kappa shape index (κ2) is 7.21. The molecule has 1 aliphatic heterocycles. The number of rotatable bonds is 4. The topological polar surface area (TPSA) is 82.7 Å². The van der Waals surface area contributed by atoms with Gasteiger partial charge in [0.15, 0.2) is 0 Å². The van der Waals surface area contributed by atoms with E-state index in [1.165, 1.54) is 0 Å². The molecule has 6 nitrogen and oxygen atoms in total. The van der Waals surface area contributed by atoms with Crippen LogP contribution in [-0.2, 0) is 11.2 Å². The number of nitrogens with zero attached hydrogens (tertiary/aromatic N) is 3. The van der Waals surface area contributed by atoms with Gasteiger partial charge in [-0.25, -0.2) is 0 Å². The van der Waals surface area contributed by atoms with E-state index in [1.54, 1.807) is 18.3 Å². The van der Waals surface area contributed by atoms with Crippen LogP contribution in [0.5, 0.6) is 0 Å². The normalized spacial score (nSPS) is 16.9. The third kappa shape index (κ3) is 4.18. The van der Waals surface area contributed by atoms with Gasteiger partial charge in [0, 0.05) is 31.9 Å². The van der Waals surface area contributed by atoms with Crippen LogP contribution in [0.25, 0.3) is 0 Å². The van der Waals surface area contributed by atoms with Crippen molar-refractivity contribution in [1.29, 1.82) is 0 Å². The van der Waals surface area contributed by atoms with Gasteiger partial charge in [0.2, 0.25) is 5.91 Å². The van der Waals surface area contributed by atoms with Crippen LogP contribution < -0.4 is 5.73 Å². The number of aliphatic hydroxyl groups is 1. The van der Waals surface area contributed by atoms with Gasteiger partial charge in [-0.15, -0.1) is 0 Å². The summed E-state index contributed by atoms with van der Waals surface area (Å²) in [5.74, 6) is 0.105. The van der Waals surface area contributed by atoms with Gasteiger partial charge in [0.05, 0.1) is 24.9 Å². The SMILES string of the molecule is Nc1ccc(CC(=O)N2CCCN(CCO)CC2)nc1. The minimum atomic E-state index is 0.105. The largest absolute Gasteiger partial charge is 0.397 e. The van der Waals surface area contributed by atoms with Crippen molar-refractivity contribution < 1.29 is 9.90 Å². The van der Waals surface area contributed by atoms with Gasteiger partial charge in [0.25, 0.3) is 0 Å². The maximum absolute atomic E-state index is 12.3. The Morgan fingerprint density at radius 1 is 1.30 bits per heavy atom. The maximum atomic E-state index is 12.3. The minimum Gasteiger partial charge on any atom is -0.397 e. The van der Waals surface area contributed by atoms with E-state index in [4.69, 9.17) is 10.8 Å². The number of nitrogens with two attached hydrogens (primary N) is 1. The van der Waals surface area contributed by atoms with Crippen molar-refractivity contribution in [3.63, 3.8) is 0 Å². The number of hydrogen-bond acceptors (Lipinski definition) is 5. The van der Waals surface area contributed by atoms with Gasteiger partial charge < -0.3 is 15.7 Å². The maximum Gasteiger partial charge on any atom is 0.228 e. The average Bonchev–Trinajstić information content (AvgIpc) is 2.67. The molecule has 110 valence electrons. The molecule has 0 spiro atoms. The summed E-state index contributed by atoms with van der Waals surface area (Å²) < 4.78 is 0. The fourth-order valence-corrected chi connectivity index (χ4v) is 2.39. The summed E-state index contributed by atoms with van der Waals surface area (Å²) in [6.07, 6.45) is 2.84. The summed E-state index contributed by atoms with van der Waals surface area (Å²) in [6.45, 7) is 4.10. The first kappa shape index (κ1) is 14.7. The number of pyridine rings is 1. The Morgan fingerprint density at radius 2 is 2.15 bits per heavy atom. The van der Waals surface area contributed by atoms with Crippen molar-refractivity contribution >= 4 is 11.6 Å². The molecule has 1 fully saturated rings. The van der Waals surface area contributed by atoms with Crippen LogP contribution in [0.3, 0.4) is 0 Å². The summed E-state index contributed by atoms with van der Waals surface area (Å²) in [4.78, 5) is 20.5. The molecular weight excluding hydrogens is 256 g/mol. The highest BCUT2D eigenvalue weighted by molar-refractivity contribution is 5.78. The number of carbonyl (C=O) groups is 1. The standard InChI is InChI=1S/C14H22N4O2/c15-12-2-3-13(16-11-12)10-14(20)18-5-1-4-17(6-7-18)8-9-19/h2-3,11,19H,1,4-10,15H2. The first-order valence-corrected chi connectivity index (χ1v) is 7.00. The van der Waals surface area contributed by atoms with Gasteiger partial charge >= 0.3 is 0 Å². The van der Waals surface area contributed by atoms with Crippen molar-refractivity contribution in [3.8, 4) is 0 Å². The molecular formula is C14H22N4O2. The monoisotopic (exact) mass is 278 g/mol. The molecule has 2 heterocycles. The van der Waals surface area contributed by atoms with E-state index < -0.39 is 0 Å². The van der Waals surface area contributed by atoms with Gasteiger partial charge in [-0.05, 0) is 25.1 Å². The van der Waals surface area contributed by atoms with E-state index >= 15 is 0 Å². The van der Waals surface area contributed by atoms with Crippen LogP contribution in [-0.4, -0.2) is 65.1 Å². The lowest BCUT2D eigenvalue weighted by atomic mass is 10.2. The predicted octanol–water partition coefficient (Wildman–Crippen LogP) is -0.267. The molecule has 1 saturated heterocycles. The van der Waals surface area contributed by atoms with E-state index in [0.29, 0.717) is 25.2 Å². The van der Waals surface area contributed by atoms with E-state index in [0.717, 1.165) is 31.7 Å². The molecule has 0 unspecified atom stereocenters. The van der Waals surface area contributed by atoms with Gasteiger partial charge in [-0.3, -0.25) is 14.7 Å². The van der Waals surface area contributed by atoms with Crippen molar-refractivity contribution in [2.24, 2.45) is 0 Å². The fraction of sp³-hybridized carbons (Fsp3) is 0.571. The Balaban J connectivity index is 1.87. The Labute approximate surface area is 119 Å². The minimum absolute atomic E-state index is 0.105. The molecule has 0 radical (unpaired) electrons. The number of amides is 1. The van der Waals surface area contributed by atoms with Crippen molar-refractivity contribution in [3.05, 3.63) is 24.0 Å². The predicted molar refractivity (Wildman–Crippen MR) is 77.1 cm³/mol. The van der Waals surface area contributed by atoms with E-state index in [-0.39, 0.29) is 12.5 Å². The van der Waals surface area contributed by atoms with E-state index in [9.17, 15) is 4.79 Å². The zero-order valence-corrected chi connectivity index (χ0v) is 11.7. The van der Waals surface area contributed by atoms with Crippen LogP contribution in [0, 0.1) is 0 Å². The Hall–Kier alpha value is -1.66. The molecule has 0 bridgehead atoms. The van der Waals surface area contributed by atoms with E-state index in [1.807, 2.05) is 4.90 Å². The average molecular weight is 278 g/mol. The molecule has 20 heavy (non-hydrogen) atoms. The van der Waals surface area contributed by atoms with Gasteiger partial charge in [-0.1, -0.05) is 0 Å².